The highest BCUT2D eigenvalue weighted by atomic mass is 32.2. The van der Waals surface area contributed by atoms with Crippen LogP contribution in [0, 0.1) is 17.8 Å². The van der Waals surface area contributed by atoms with Crippen molar-refractivity contribution in [2.24, 2.45) is 17.8 Å². The minimum Gasteiger partial charge on any atom is -0.395 e. The summed E-state index contributed by atoms with van der Waals surface area (Å²) in [6.07, 6.45) is 4.12. The van der Waals surface area contributed by atoms with Gasteiger partial charge in [-0.3, -0.25) is 14.4 Å². The number of para-hydroxylation sites is 1. The zero-order valence-electron chi connectivity index (χ0n) is 24.3. The fraction of sp³-hybridized carbons (Fsp3) is 0.343. The van der Waals surface area contributed by atoms with Crippen molar-refractivity contribution in [2.45, 2.75) is 29.4 Å². The highest BCUT2D eigenvalue weighted by molar-refractivity contribution is 8.02. The number of hydrogen-bond acceptors (Lipinski definition) is 5. The van der Waals surface area contributed by atoms with E-state index in [2.05, 4.69) is 20.1 Å². The number of benzene rings is 3. The van der Waals surface area contributed by atoms with E-state index in [0.717, 1.165) is 28.6 Å². The van der Waals surface area contributed by atoms with Gasteiger partial charge >= 0.3 is 0 Å². The summed E-state index contributed by atoms with van der Waals surface area (Å²) in [6.45, 7) is 10.2. The van der Waals surface area contributed by atoms with Gasteiger partial charge in [-0.15, -0.1) is 24.9 Å². The lowest BCUT2D eigenvalue weighted by Crippen LogP contribution is -2.58. The second-order valence-electron chi connectivity index (χ2n) is 11.6. The van der Waals surface area contributed by atoms with E-state index in [9.17, 15) is 19.5 Å². The van der Waals surface area contributed by atoms with Gasteiger partial charge in [0.25, 0.3) is 5.91 Å². The van der Waals surface area contributed by atoms with Crippen molar-refractivity contribution in [3.63, 3.8) is 0 Å². The summed E-state index contributed by atoms with van der Waals surface area (Å²) >= 11 is 1.64. The van der Waals surface area contributed by atoms with Crippen LogP contribution in [-0.2, 0) is 14.4 Å². The Morgan fingerprint density at radius 2 is 1.60 bits per heavy atom. The Hall–Kier alpha value is -3.88. The van der Waals surface area contributed by atoms with Crippen LogP contribution in [-0.4, -0.2) is 70.0 Å². The smallest absolute Gasteiger partial charge is 0.251 e. The first kappa shape index (κ1) is 29.2. The molecule has 3 aromatic rings. The summed E-state index contributed by atoms with van der Waals surface area (Å²) in [6, 6.07) is 22.5. The molecule has 222 valence electrons. The Bertz CT molecular complexity index is 1580. The lowest BCUT2D eigenvalue weighted by Gasteiger charge is -2.41. The van der Waals surface area contributed by atoms with Crippen LogP contribution in [0.5, 0.6) is 0 Å². The number of aliphatic hydroxyl groups excluding tert-OH is 1. The number of fused-ring (bicyclic) bond motifs is 2. The molecule has 3 saturated heterocycles. The van der Waals surface area contributed by atoms with E-state index < -0.39 is 22.6 Å². The van der Waals surface area contributed by atoms with E-state index >= 15 is 0 Å². The SMILES string of the molecule is C=CCN(C(=O)C1N(CCO)C(=O)[C@@H]2[C@@H](C(=O)N(CC=C)c3ccccc3)[C@H]3CC(C)C12S3)c1ccc2ccccc2c1. The molecule has 8 heteroatoms. The Kier molecular flexibility index (Phi) is 7.92. The molecule has 2 bridgehead atoms. The van der Waals surface area contributed by atoms with Gasteiger partial charge in [0.2, 0.25) is 11.8 Å². The third-order valence-corrected chi connectivity index (χ3v) is 11.4. The molecule has 1 N–H and O–H groups in total. The van der Waals surface area contributed by atoms with Crippen LogP contribution in [0.1, 0.15) is 13.3 Å². The van der Waals surface area contributed by atoms with Crippen molar-refractivity contribution in [1.82, 2.24) is 4.90 Å². The van der Waals surface area contributed by atoms with Crippen LogP contribution >= 0.6 is 11.8 Å². The molecule has 7 nitrogen and oxygen atoms in total. The summed E-state index contributed by atoms with van der Waals surface area (Å²) < 4.78 is -0.791. The number of rotatable bonds is 10. The third-order valence-electron chi connectivity index (χ3n) is 9.37. The number of amides is 3. The van der Waals surface area contributed by atoms with Crippen molar-refractivity contribution >= 4 is 51.6 Å². The molecule has 3 unspecified atom stereocenters. The van der Waals surface area contributed by atoms with Crippen LogP contribution in [0.25, 0.3) is 10.8 Å². The van der Waals surface area contributed by atoms with Gasteiger partial charge in [-0.05, 0) is 47.4 Å². The molecule has 3 aromatic carbocycles. The quantitative estimate of drug-likeness (QED) is 0.337. The molecule has 1 spiro atoms. The van der Waals surface area contributed by atoms with Crippen LogP contribution in [0.15, 0.2) is 98.1 Å². The molecule has 3 aliphatic rings. The Labute approximate surface area is 256 Å². The zero-order valence-corrected chi connectivity index (χ0v) is 25.2. The Morgan fingerprint density at radius 3 is 2.28 bits per heavy atom. The molecule has 3 aliphatic heterocycles. The normalized spacial score (nSPS) is 27.3. The summed E-state index contributed by atoms with van der Waals surface area (Å²) in [4.78, 5) is 48.5. The minimum absolute atomic E-state index is 0.0184. The first-order valence-corrected chi connectivity index (χ1v) is 15.7. The second-order valence-corrected chi connectivity index (χ2v) is 13.2. The fourth-order valence-corrected chi connectivity index (χ4v) is 10.0. The van der Waals surface area contributed by atoms with Gasteiger partial charge in [0.1, 0.15) is 6.04 Å². The third kappa shape index (κ3) is 4.59. The Morgan fingerprint density at radius 1 is 0.953 bits per heavy atom. The molecule has 3 fully saturated rings. The van der Waals surface area contributed by atoms with E-state index in [1.54, 1.807) is 38.6 Å². The highest BCUT2D eigenvalue weighted by Gasteiger charge is 2.76. The van der Waals surface area contributed by atoms with Crippen LogP contribution in [0.3, 0.4) is 0 Å². The van der Waals surface area contributed by atoms with Crippen molar-refractivity contribution in [3.05, 3.63) is 98.1 Å². The first-order valence-electron chi connectivity index (χ1n) is 14.8. The van der Waals surface area contributed by atoms with E-state index in [0.29, 0.717) is 6.54 Å². The standard InChI is InChI=1S/C35H37N3O4S/c1-4-17-36(26-13-7-6-8-14-26)32(40)29-28-21-23(3)35(43-28)30(29)33(41)38(19-20-39)31(35)34(42)37(18-5-2)27-16-15-24-11-9-10-12-25(24)22-27/h4-16,22-23,28-31,39H,1-2,17-21H2,3H3/t23?,28-,29+,30+,31?,35?/m1/s1. The van der Waals surface area contributed by atoms with Crippen LogP contribution in [0.4, 0.5) is 11.4 Å². The maximum absolute atomic E-state index is 14.8. The Balaban J connectivity index is 1.42. The van der Waals surface area contributed by atoms with E-state index in [4.69, 9.17) is 0 Å². The molecule has 43 heavy (non-hydrogen) atoms. The number of nitrogens with zero attached hydrogens (tertiary/aromatic N) is 3. The number of carbonyl (C=O) groups is 3. The average molecular weight is 596 g/mol. The minimum atomic E-state index is -0.823. The zero-order chi connectivity index (χ0) is 30.3. The van der Waals surface area contributed by atoms with Crippen molar-refractivity contribution < 1.29 is 19.5 Å². The lowest BCUT2D eigenvalue weighted by molar-refractivity contribution is -0.139. The van der Waals surface area contributed by atoms with Crippen molar-refractivity contribution in [3.8, 4) is 0 Å². The molecular weight excluding hydrogens is 558 g/mol. The average Bonchev–Trinajstić information content (AvgIpc) is 3.62. The largest absolute Gasteiger partial charge is 0.395 e. The van der Waals surface area contributed by atoms with Gasteiger partial charge in [0.15, 0.2) is 0 Å². The summed E-state index contributed by atoms with van der Waals surface area (Å²) in [5.74, 6) is -1.79. The summed E-state index contributed by atoms with van der Waals surface area (Å²) in [5.41, 5.74) is 1.47. The summed E-state index contributed by atoms with van der Waals surface area (Å²) in [5, 5.41) is 12.1. The van der Waals surface area contributed by atoms with E-state index in [-0.39, 0.29) is 48.6 Å². The lowest BCUT2D eigenvalue weighted by atomic mass is 9.65. The first-order chi connectivity index (χ1) is 20.9. The molecule has 3 amide bonds. The van der Waals surface area contributed by atoms with Crippen LogP contribution in [0.2, 0.25) is 0 Å². The van der Waals surface area contributed by atoms with Crippen molar-refractivity contribution in [2.75, 3.05) is 36.0 Å². The van der Waals surface area contributed by atoms with Crippen molar-refractivity contribution in [1.29, 1.82) is 0 Å². The number of β-amino-alcohol motifs (C(OH)–C–C–N with tert-alkyl or cyclic N) is 1. The molecular formula is C35H37N3O4S. The van der Waals surface area contributed by atoms with Gasteiger partial charge in [-0.25, -0.2) is 0 Å². The predicted octanol–water partition coefficient (Wildman–Crippen LogP) is 4.91. The summed E-state index contributed by atoms with van der Waals surface area (Å²) in [7, 11) is 0. The molecule has 6 rings (SSSR count). The number of thioether (sulfide) groups is 1. The van der Waals surface area contributed by atoms with Gasteiger partial charge in [0, 0.05) is 36.3 Å². The topological polar surface area (TPSA) is 81.2 Å². The number of hydrogen-bond donors (Lipinski definition) is 1. The monoisotopic (exact) mass is 595 g/mol. The molecule has 0 aliphatic carbocycles. The molecule has 0 saturated carbocycles. The van der Waals surface area contributed by atoms with Gasteiger partial charge in [0.05, 0.1) is 23.2 Å². The number of aliphatic hydroxyl groups is 1. The van der Waals surface area contributed by atoms with Gasteiger partial charge in [-0.1, -0.05) is 67.6 Å². The molecule has 3 heterocycles. The number of carbonyl (C=O) groups excluding carboxylic acids is 3. The predicted molar refractivity (Wildman–Crippen MR) is 173 cm³/mol. The number of likely N-dealkylation sites (tertiary alicyclic amines) is 1. The van der Waals surface area contributed by atoms with E-state index in [1.165, 1.54) is 0 Å². The molecule has 0 aromatic heterocycles. The highest BCUT2D eigenvalue weighted by Crippen LogP contribution is 2.69. The number of anilines is 2. The maximum Gasteiger partial charge on any atom is 0.251 e. The maximum atomic E-state index is 14.8. The fourth-order valence-electron chi connectivity index (χ4n) is 7.61. The van der Waals surface area contributed by atoms with Gasteiger partial charge in [-0.2, -0.15) is 0 Å². The molecule has 6 atom stereocenters. The second kappa shape index (κ2) is 11.7. The van der Waals surface area contributed by atoms with Crippen LogP contribution < -0.4 is 9.80 Å². The molecule has 0 radical (unpaired) electrons. The van der Waals surface area contributed by atoms with E-state index in [1.807, 2.05) is 72.8 Å². The van der Waals surface area contributed by atoms with Gasteiger partial charge < -0.3 is 19.8 Å².